The number of rotatable bonds is 45. The number of aliphatic hydroxyl groups is 2. The van der Waals surface area contributed by atoms with Crippen molar-refractivity contribution in [3.63, 3.8) is 0 Å². The summed E-state index contributed by atoms with van der Waals surface area (Å²) in [5.74, 6) is -0.165. The predicted octanol–water partition coefficient (Wildman–Crippen LogP) is 14.3. The average molecular weight is 790 g/mol. The van der Waals surface area contributed by atoms with E-state index in [4.69, 9.17) is 4.74 Å². The molecule has 0 spiro atoms. The van der Waals surface area contributed by atoms with Crippen LogP contribution in [0.25, 0.3) is 0 Å². The molecular formula is C50H95NO5. The second-order valence-corrected chi connectivity index (χ2v) is 16.8. The summed E-state index contributed by atoms with van der Waals surface area (Å²) in [4.78, 5) is 24.4. The summed E-state index contributed by atoms with van der Waals surface area (Å²) in [6.07, 6.45) is 53.2. The third kappa shape index (κ3) is 42.0. The monoisotopic (exact) mass is 790 g/mol. The number of unbranched alkanes of at least 4 members (excludes halogenated alkanes) is 32. The minimum Gasteiger partial charge on any atom is -0.466 e. The standard InChI is InChI=1S/C50H95NO5/c1-3-5-7-9-11-13-15-17-18-19-20-21-22-23-26-30-34-38-42-48(53)47(46-52)51-49(54)43-39-35-31-27-25-29-33-37-41-45-56-50(55)44-40-36-32-28-24-16-14-12-10-8-6-4-2/h27,31,38,42,47-48,52-53H,3-26,28-30,32-37,39-41,43-46H2,1-2H3,(H,51,54)/b31-27-,42-38+. The molecule has 3 N–H and O–H groups in total. The number of esters is 1. The third-order valence-electron chi connectivity index (χ3n) is 11.2. The largest absolute Gasteiger partial charge is 0.466 e. The lowest BCUT2D eigenvalue weighted by atomic mass is 10.0. The predicted molar refractivity (Wildman–Crippen MR) is 241 cm³/mol. The maximum absolute atomic E-state index is 12.4. The van der Waals surface area contributed by atoms with E-state index in [1.165, 1.54) is 161 Å². The summed E-state index contributed by atoms with van der Waals surface area (Å²) in [7, 11) is 0. The Labute approximate surface area is 348 Å². The molecule has 0 aromatic rings. The van der Waals surface area contributed by atoms with E-state index in [0.717, 1.165) is 70.6 Å². The van der Waals surface area contributed by atoms with Crippen LogP contribution in [0, 0.1) is 0 Å². The molecule has 330 valence electrons. The summed E-state index contributed by atoms with van der Waals surface area (Å²) in [5.41, 5.74) is 0. The zero-order valence-electron chi connectivity index (χ0n) is 37.4. The highest BCUT2D eigenvalue weighted by molar-refractivity contribution is 5.76. The van der Waals surface area contributed by atoms with Crippen LogP contribution in [-0.2, 0) is 14.3 Å². The first-order valence-corrected chi connectivity index (χ1v) is 24.6. The van der Waals surface area contributed by atoms with Crippen molar-refractivity contribution in [2.45, 2.75) is 270 Å². The average Bonchev–Trinajstić information content (AvgIpc) is 3.20. The van der Waals surface area contributed by atoms with Gasteiger partial charge in [-0.05, 0) is 51.4 Å². The maximum atomic E-state index is 12.4. The Balaban J connectivity index is 3.59. The lowest BCUT2D eigenvalue weighted by Gasteiger charge is -2.19. The van der Waals surface area contributed by atoms with Crippen LogP contribution in [0.5, 0.6) is 0 Å². The molecule has 0 radical (unpaired) electrons. The quantitative estimate of drug-likeness (QED) is 0.0324. The van der Waals surface area contributed by atoms with Crippen molar-refractivity contribution < 1.29 is 24.5 Å². The van der Waals surface area contributed by atoms with E-state index >= 15 is 0 Å². The topological polar surface area (TPSA) is 95.9 Å². The number of carbonyl (C=O) groups excluding carboxylic acids is 2. The molecule has 6 heteroatoms. The second-order valence-electron chi connectivity index (χ2n) is 16.8. The van der Waals surface area contributed by atoms with Crippen molar-refractivity contribution in [1.29, 1.82) is 0 Å². The van der Waals surface area contributed by atoms with Gasteiger partial charge in [0, 0.05) is 12.8 Å². The number of amides is 1. The Morgan fingerprint density at radius 2 is 0.857 bits per heavy atom. The van der Waals surface area contributed by atoms with Gasteiger partial charge in [-0.2, -0.15) is 0 Å². The molecule has 0 aliphatic carbocycles. The first-order valence-electron chi connectivity index (χ1n) is 24.6. The van der Waals surface area contributed by atoms with Gasteiger partial charge in [-0.3, -0.25) is 9.59 Å². The Morgan fingerprint density at radius 1 is 0.482 bits per heavy atom. The summed E-state index contributed by atoms with van der Waals surface area (Å²) in [6.45, 7) is 4.81. The molecule has 0 saturated carbocycles. The van der Waals surface area contributed by atoms with Gasteiger partial charge in [0.05, 0.1) is 25.4 Å². The lowest BCUT2D eigenvalue weighted by molar-refractivity contribution is -0.143. The molecule has 0 rings (SSSR count). The van der Waals surface area contributed by atoms with Crippen LogP contribution < -0.4 is 5.32 Å². The van der Waals surface area contributed by atoms with Crippen LogP contribution in [0.1, 0.15) is 258 Å². The van der Waals surface area contributed by atoms with Crippen molar-refractivity contribution in [3.8, 4) is 0 Å². The normalized spacial score (nSPS) is 12.9. The van der Waals surface area contributed by atoms with E-state index in [9.17, 15) is 19.8 Å². The highest BCUT2D eigenvalue weighted by Gasteiger charge is 2.17. The van der Waals surface area contributed by atoms with Gasteiger partial charge in [-0.1, -0.05) is 218 Å². The van der Waals surface area contributed by atoms with Gasteiger partial charge in [0.25, 0.3) is 0 Å². The minimum atomic E-state index is -0.874. The van der Waals surface area contributed by atoms with E-state index in [-0.39, 0.29) is 18.5 Å². The second kappa shape index (κ2) is 46.0. The fraction of sp³-hybridized carbons (Fsp3) is 0.880. The van der Waals surface area contributed by atoms with Crippen LogP contribution in [-0.4, -0.2) is 47.4 Å². The molecule has 0 aromatic heterocycles. The molecule has 0 bridgehead atoms. The van der Waals surface area contributed by atoms with E-state index < -0.39 is 12.1 Å². The van der Waals surface area contributed by atoms with Crippen molar-refractivity contribution in [1.82, 2.24) is 5.32 Å². The van der Waals surface area contributed by atoms with Crippen molar-refractivity contribution >= 4 is 11.9 Å². The zero-order chi connectivity index (χ0) is 40.8. The lowest BCUT2D eigenvalue weighted by Crippen LogP contribution is -2.45. The highest BCUT2D eigenvalue weighted by atomic mass is 16.5. The van der Waals surface area contributed by atoms with Gasteiger partial charge in [-0.25, -0.2) is 0 Å². The number of allylic oxidation sites excluding steroid dienone is 3. The zero-order valence-corrected chi connectivity index (χ0v) is 37.4. The van der Waals surface area contributed by atoms with Crippen LogP contribution in [0.15, 0.2) is 24.3 Å². The molecule has 2 atom stereocenters. The van der Waals surface area contributed by atoms with Gasteiger partial charge in [-0.15, -0.1) is 0 Å². The third-order valence-corrected chi connectivity index (χ3v) is 11.2. The Morgan fingerprint density at radius 3 is 1.30 bits per heavy atom. The van der Waals surface area contributed by atoms with Crippen molar-refractivity contribution in [3.05, 3.63) is 24.3 Å². The number of ether oxygens (including phenoxy) is 1. The van der Waals surface area contributed by atoms with Gasteiger partial charge in [0.1, 0.15) is 0 Å². The fourth-order valence-corrected chi connectivity index (χ4v) is 7.40. The smallest absolute Gasteiger partial charge is 0.305 e. The fourth-order valence-electron chi connectivity index (χ4n) is 7.40. The number of hydrogen-bond donors (Lipinski definition) is 3. The summed E-state index contributed by atoms with van der Waals surface area (Å²) >= 11 is 0. The van der Waals surface area contributed by atoms with Crippen LogP contribution >= 0.6 is 0 Å². The Bertz CT molecular complexity index is 874. The maximum Gasteiger partial charge on any atom is 0.305 e. The molecule has 0 saturated heterocycles. The van der Waals surface area contributed by atoms with E-state index in [1.54, 1.807) is 6.08 Å². The van der Waals surface area contributed by atoms with Crippen molar-refractivity contribution in [2.75, 3.05) is 13.2 Å². The summed E-state index contributed by atoms with van der Waals surface area (Å²) in [5, 5.41) is 23.0. The Hall–Kier alpha value is -1.66. The molecule has 0 heterocycles. The van der Waals surface area contributed by atoms with Crippen molar-refractivity contribution in [2.24, 2.45) is 0 Å². The van der Waals surface area contributed by atoms with Gasteiger partial charge >= 0.3 is 5.97 Å². The van der Waals surface area contributed by atoms with Gasteiger partial charge in [0.15, 0.2) is 0 Å². The molecule has 0 fully saturated rings. The molecule has 0 aromatic carbocycles. The first-order chi connectivity index (χ1) is 27.5. The molecule has 2 unspecified atom stereocenters. The molecule has 1 amide bonds. The van der Waals surface area contributed by atoms with E-state index in [0.29, 0.717) is 19.4 Å². The molecule has 0 aliphatic rings. The molecule has 6 nitrogen and oxygen atoms in total. The first kappa shape index (κ1) is 54.3. The van der Waals surface area contributed by atoms with E-state index in [1.807, 2.05) is 6.08 Å². The number of aliphatic hydroxyl groups excluding tert-OH is 2. The molecule has 0 aliphatic heterocycles. The summed E-state index contributed by atoms with van der Waals surface area (Å²) in [6, 6.07) is -0.664. The van der Waals surface area contributed by atoms with E-state index in [2.05, 4.69) is 31.3 Å². The van der Waals surface area contributed by atoms with Crippen LogP contribution in [0.4, 0.5) is 0 Å². The molecular weight excluding hydrogens is 695 g/mol. The van der Waals surface area contributed by atoms with Crippen LogP contribution in [0.3, 0.4) is 0 Å². The van der Waals surface area contributed by atoms with Crippen LogP contribution in [0.2, 0.25) is 0 Å². The van der Waals surface area contributed by atoms with Gasteiger partial charge < -0.3 is 20.3 Å². The highest BCUT2D eigenvalue weighted by Crippen LogP contribution is 2.15. The Kier molecular flexibility index (Phi) is 44.7. The number of nitrogens with one attached hydrogen (secondary N) is 1. The summed E-state index contributed by atoms with van der Waals surface area (Å²) < 4.78 is 5.42. The molecule has 56 heavy (non-hydrogen) atoms. The number of carbonyl (C=O) groups is 2. The number of hydrogen-bond acceptors (Lipinski definition) is 5. The minimum absolute atomic E-state index is 0.0375. The SMILES string of the molecule is CCCCCCCCCCCCCCCCCC/C=C/C(O)C(CO)NC(=O)CCC/C=C\CCCCCCOC(=O)CCCCCCCCCCCCCC. The van der Waals surface area contributed by atoms with Gasteiger partial charge in [0.2, 0.25) is 5.91 Å².